The van der Waals surface area contributed by atoms with Crippen molar-refractivity contribution in [2.75, 3.05) is 6.61 Å². The molecule has 386 valence electrons. The molecule has 0 bridgehead atoms. The number of hydrogen-bond acceptors (Lipinski definition) is 3. The van der Waals surface area contributed by atoms with Crippen LogP contribution in [0.5, 0.6) is 0 Å². The summed E-state index contributed by atoms with van der Waals surface area (Å²) in [4.78, 5) is 12.5. The van der Waals surface area contributed by atoms with Crippen LogP contribution in [0.1, 0.15) is 245 Å². The maximum Gasteiger partial charge on any atom is 0.220 e. The van der Waals surface area contributed by atoms with Crippen LogP contribution < -0.4 is 5.32 Å². The number of amides is 1. The number of aliphatic hydroxyl groups is 2. The second kappa shape index (κ2) is 57.8. The Hall–Kier alpha value is -3.47. The van der Waals surface area contributed by atoms with Crippen molar-refractivity contribution in [3.8, 4) is 0 Å². The molecule has 0 aromatic heterocycles. The Bertz CT molecular complexity index is 1390. The largest absolute Gasteiger partial charge is 0.394 e. The number of hydrogen-bond donors (Lipinski definition) is 3. The monoisotopic (exact) mass is 938 g/mol. The van der Waals surface area contributed by atoms with Crippen molar-refractivity contribution in [2.24, 2.45) is 0 Å². The van der Waals surface area contributed by atoms with Crippen LogP contribution in [0.4, 0.5) is 0 Å². The standard InChI is InChI=1S/C64H107NO3/c1-3-5-7-9-11-13-15-17-19-21-23-25-26-27-28-29-30-31-32-33-34-35-36-37-38-40-42-44-46-48-50-52-54-56-58-60-64(68)65-62(61-66)63(67)59-57-55-53-51-49-47-45-43-41-39-24-22-20-18-16-14-12-10-8-6-4-2/h5,7,11,13,17,19,23,25,27-28,30-31,33-34,36-37,40,42,49,51,57,59,62-63,66-67H,3-4,6,8-10,12,14-16,18,20-22,24,26,29,32,35,38-39,41,43-48,50,52-56,58,60-61H2,1-2H3,(H,65,68)/b7-5-,13-11-,19-17-,25-23-,28-27-,31-30-,34-33-,37-36-,42-40-,51-49+,59-57+. The average Bonchev–Trinajstić information content (AvgIpc) is 3.34. The summed E-state index contributed by atoms with van der Waals surface area (Å²) in [6.45, 7) is 4.18. The van der Waals surface area contributed by atoms with Gasteiger partial charge in [-0.15, -0.1) is 0 Å². The van der Waals surface area contributed by atoms with Crippen molar-refractivity contribution in [1.82, 2.24) is 5.32 Å². The van der Waals surface area contributed by atoms with E-state index >= 15 is 0 Å². The van der Waals surface area contributed by atoms with E-state index in [2.05, 4.69) is 141 Å². The molecule has 4 nitrogen and oxygen atoms in total. The third-order valence-electron chi connectivity index (χ3n) is 12.1. The molecule has 0 saturated heterocycles. The van der Waals surface area contributed by atoms with E-state index in [1.807, 2.05) is 6.08 Å². The third kappa shape index (κ3) is 53.5. The molecule has 0 saturated carbocycles. The molecule has 0 aromatic rings. The highest BCUT2D eigenvalue weighted by molar-refractivity contribution is 5.76. The molecule has 0 fully saturated rings. The topological polar surface area (TPSA) is 69.6 Å². The van der Waals surface area contributed by atoms with Crippen LogP contribution in [0.2, 0.25) is 0 Å². The summed E-state index contributed by atoms with van der Waals surface area (Å²) in [5.74, 6) is -0.0897. The zero-order valence-corrected chi connectivity index (χ0v) is 44.3. The first-order chi connectivity index (χ1) is 33.7. The molecule has 0 aliphatic heterocycles. The second-order valence-corrected chi connectivity index (χ2v) is 18.6. The van der Waals surface area contributed by atoms with Crippen LogP contribution in [0.3, 0.4) is 0 Å². The minimum absolute atomic E-state index is 0.0897. The van der Waals surface area contributed by atoms with E-state index in [9.17, 15) is 15.0 Å². The first-order valence-electron chi connectivity index (χ1n) is 28.4. The van der Waals surface area contributed by atoms with E-state index in [0.29, 0.717) is 6.42 Å². The summed E-state index contributed by atoms with van der Waals surface area (Å²) >= 11 is 0. The molecule has 0 rings (SSSR count). The van der Waals surface area contributed by atoms with Gasteiger partial charge in [0.05, 0.1) is 18.8 Å². The van der Waals surface area contributed by atoms with Crippen molar-refractivity contribution >= 4 is 5.91 Å². The lowest BCUT2D eigenvalue weighted by Gasteiger charge is -2.19. The van der Waals surface area contributed by atoms with Crippen LogP contribution in [0, 0.1) is 0 Å². The molecule has 4 heteroatoms. The maximum atomic E-state index is 12.5. The summed E-state index contributed by atoms with van der Waals surface area (Å²) in [5.41, 5.74) is 0. The lowest BCUT2D eigenvalue weighted by molar-refractivity contribution is -0.123. The lowest BCUT2D eigenvalue weighted by Crippen LogP contribution is -2.45. The SMILES string of the molecule is CC/C=C\C/C=C\C/C=C\C/C=C\C/C=C\C/C=C\C/C=C\C/C=C\C/C=C\CCCCCCCCCC(=O)NC(CO)C(O)/C=C/CC/C=C/CCCCCCCCCCCCCCCCC. The second-order valence-electron chi connectivity index (χ2n) is 18.6. The van der Waals surface area contributed by atoms with Gasteiger partial charge in [-0.3, -0.25) is 4.79 Å². The Balaban J connectivity index is 3.67. The minimum Gasteiger partial charge on any atom is -0.394 e. The number of carbonyl (C=O) groups is 1. The van der Waals surface area contributed by atoms with Crippen molar-refractivity contribution in [3.63, 3.8) is 0 Å². The van der Waals surface area contributed by atoms with E-state index in [4.69, 9.17) is 0 Å². The van der Waals surface area contributed by atoms with E-state index in [-0.39, 0.29) is 12.5 Å². The van der Waals surface area contributed by atoms with Crippen molar-refractivity contribution in [1.29, 1.82) is 0 Å². The predicted molar refractivity (Wildman–Crippen MR) is 303 cm³/mol. The van der Waals surface area contributed by atoms with Crippen LogP contribution >= 0.6 is 0 Å². The molecule has 0 radical (unpaired) electrons. The van der Waals surface area contributed by atoms with Gasteiger partial charge < -0.3 is 15.5 Å². The van der Waals surface area contributed by atoms with Gasteiger partial charge in [-0.1, -0.05) is 270 Å². The van der Waals surface area contributed by atoms with E-state index < -0.39 is 12.1 Å². The molecule has 0 aliphatic rings. The van der Waals surface area contributed by atoms with Gasteiger partial charge in [0, 0.05) is 6.42 Å². The van der Waals surface area contributed by atoms with Crippen LogP contribution in [-0.4, -0.2) is 34.9 Å². The molecule has 68 heavy (non-hydrogen) atoms. The van der Waals surface area contributed by atoms with Crippen molar-refractivity contribution in [2.45, 2.75) is 257 Å². The van der Waals surface area contributed by atoms with Gasteiger partial charge in [0.15, 0.2) is 0 Å². The molecule has 3 N–H and O–H groups in total. The Morgan fingerprint density at radius 3 is 1.03 bits per heavy atom. The van der Waals surface area contributed by atoms with E-state index in [1.54, 1.807) is 6.08 Å². The van der Waals surface area contributed by atoms with Crippen LogP contribution in [-0.2, 0) is 4.79 Å². The van der Waals surface area contributed by atoms with Crippen molar-refractivity contribution in [3.05, 3.63) is 134 Å². The molecule has 0 aromatic carbocycles. The molecule has 1 amide bonds. The molecule has 2 atom stereocenters. The smallest absolute Gasteiger partial charge is 0.220 e. The Morgan fingerprint density at radius 1 is 0.368 bits per heavy atom. The first kappa shape index (κ1) is 64.5. The maximum absolute atomic E-state index is 12.5. The quantitative estimate of drug-likeness (QED) is 0.0420. The number of rotatable bonds is 50. The molecular formula is C64H107NO3. The van der Waals surface area contributed by atoms with Gasteiger partial charge in [0.1, 0.15) is 0 Å². The highest BCUT2D eigenvalue weighted by Gasteiger charge is 2.17. The van der Waals surface area contributed by atoms with E-state index in [1.165, 1.54) is 122 Å². The molecular weight excluding hydrogens is 831 g/mol. The zero-order chi connectivity index (χ0) is 49.2. The fraction of sp³-hybridized carbons (Fsp3) is 0.641. The zero-order valence-electron chi connectivity index (χ0n) is 44.3. The summed E-state index contributed by atoms with van der Waals surface area (Å²) in [7, 11) is 0. The fourth-order valence-electron chi connectivity index (χ4n) is 7.83. The number of allylic oxidation sites excluding steroid dienone is 21. The Labute approximate surface area is 421 Å². The third-order valence-corrected chi connectivity index (χ3v) is 12.1. The van der Waals surface area contributed by atoms with Crippen molar-refractivity contribution < 1.29 is 15.0 Å². The number of unbranched alkanes of at least 4 members (excludes halogenated alkanes) is 23. The molecule has 0 heterocycles. The van der Waals surface area contributed by atoms with E-state index in [0.717, 1.165) is 103 Å². The van der Waals surface area contributed by atoms with Gasteiger partial charge in [0.2, 0.25) is 5.91 Å². The number of aliphatic hydroxyl groups excluding tert-OH is 2. The molecule has 0 spiro atoms. The summed E-state index contributed by atoms with van der Waals surface area (Å²) < 4.78 is 0. The molecule has 2 unspecified atom stereocenters. The number of nitrogens with one attached hydrogen (secondary N) is 1. The van der Waals surface area contributed by atoms with Crippen LogP contribution in [0.15, 0.2) is 134 Å². The van der Waals surface area contributed by atoms with Gasteiger partial charge in [-0.25, -0.2) is 0 Å². The summed E-state index contributed by atoms with van der Waals surface area (Å²) in [6.07, 6.45) is 90.3. The highest BCUT2D eigenvalue weighted by atomic mass is 16.3. The lowest BCUT2D eigenvalue weighted by atomic mass is 10.0. The average molecular weight is 939 g/mol. The van der Waals surface area contributed by atoms with Gasteiger partial charge in [0.25, 0.3) is 0 Å². The summed E-state index contributed by atoms with van der Waals surface area (Å²) in [5, 5.41) is 23.1. The fourth-order valence-corrected chi connectivity index (χ4v) is 7.83. The summed E-state index contributed by atoms with van der Waals surface area (Å²) in [6, 6.07) is -0.656. The van der Waals surface area contributed by atoms with Gasteiger partial charge in [-0.2, -0.15) is 0 Å². The van der Waals surface area contributed by atoms with Gasteiger partial charge in [-0.05, 0) is 103 Å². The predicted octanol–water partition coefficient (Wildman–Crippen LogP) is 19.0. The van der Waals surface area contributed by atoms with Gasteiger partial charge >= 0.3 is 0 Å². The Kier molecular flexibility index (Phi) is 54.9. The highest BCUT2D eigenvalue weighted by Crippen LogP contribution is 2.15. The molecule has 0 aliphatic carbocycles. The minimum atomic E-state index is -0.877. The normalized spacial score (nSPS) is 13.9. The Morgan fingerprint density at radius 2 is 0.662 bits per heavy atom. The van der Waals surface area contributed by atoms with Crippen LogP contribution in [0.25, 0.3) is 0 Å². The first-order valence-corrected chi connectivity index (χ1v) is 28.4. The number of carbonyl (C=O) groups excluding carboxylic acids is 1.